The van der Waals surface area contributed by atoms with Crippen LogP contribution < -0.4 is 10.9 Å². The van der Waals surface area contributed by atoms with Crippen LogP contribution in [0.3, 0.4) is 0 Å². The maximum Gasteiger partial charge on any atom is 0.494 e. The largest absolute Gasteiger partial charge is 0.494 e. The van der Waals surface area contributed by atoms with Gasteiger partial charge < -0.3 is 18.6 Å². The van der Waals surface area contributed by atoms with E-state index in [0.717, 1.165) is 10.9 Å². The fraction of sp³-hybridized carbons (Fsp3) is 0.684. The predicted molar refractivity (Wildman–Crippen MR) is 105 cm³/mol. The zero-order chi connectivity index (χ0) is 18.9. The van der Waals surface area contributed by atoms with Gasteiger partial charge in [0, 0.05) is 0 Å². The van der Waals surface area contributed by atoms with E-state index in [4.69, 9.17) is 18.6 Å². The Balaban J connectivity index is 0.000000701. The zero-order valence-electron chi connectivity index (χ0n) is 17.0. The first-order valence-electron chi connectivity index (χ1n) is 9.26. The van der Waals surface area contributed by atoms with Crippen LogP contribution >= 0.6 is 0 Å². The molecule has 1 aromatic rings. The number of hydrogen-bond acceptors (Lipinski definition) is 4. The highest BCUT2D eigenvalue weighted by molar-refractivity contribution is 6.64. The zero-order valence-corrected chi connectivity index (χ0v) is 17.0. The molecule has 0 aliphatic carbocycles. The Labute approximate surface area is 153 Å². The topological polar surface area (TPSA) is 36.9 Å². The van der Waals surface area contributed by atoms with Gasteiger partial charge in [-0.05, 0) is 52.5 Å². The van der Waals surface area contributed by atoms with Crippen molar-refractivity contribution in [3.05, 3.63) is 24.3 Å². The minimum absolute atomic E-state index is 0.227. The molecule has 0 aromatic heterocycles. The van der Waals surface area contributed by atoms with Crippen molar-refractivity contribution in [1.29, 1.82) is 0 Å². The van der Waals surface area contributed by atoms with E-state index >= 15 is 0 Å². The van der Waals surface area contributed by atoms with E-state index in [9.17, 15) is 0 Å². The Kier molecular flexibility index (Phi) is 6.10. The Bertz CT molecular complexity index is 553. The van der Waals surface area contributed by atoms with Gasteiger partial charge >= 0.3 is 14.2 Å². The molecule has 0 amide bonds. The van der Waals surface area contributed by atoms with Crippen LogP contribution in [0.5, 0.6) is 0 Å². The van der Waals surface area contributed by atoms with Gasteiger partial charge in [-0.15, -0.1) is 0 Å². The van der Waals surface area contributed by atoms with Crippen LogP contribution in [-0.4, -0.2) is 37.6 Å². The van der Waals surface area contributed by atoms with Gasteiger partial charge in [-0.1, -0.05) is 44.5 Å². The molecule has 0 saturated carbocycles. The maximum atomic E-state index is 6.06. The molecule has 25 heavy (non-hydrogen) atoms. The van der Waals surface area contributed by atoms with Gasteiger partial charge in [-0.2, -0.15) is 0 Å². The van der Waals surface area contributed by atoms with E-state index in [-0.39, 0.29) is 31.0 Å². The number of rotatable bonds is 2. The molecule has 2 fully saturated rings. The second kappa shape index (κ2) is 7.43. The summed E-state index contributed by atoms with van der Waals surface area (Å²) in [6.07, 6.45) is 1.25. The van der Waals surface area contributed by atoms with Gasteiger partial charge in [0.2, 0.25) is 0 Å². The van der Waals surface area contributed by atoms with Crippen LogP contribution in [-0.2, 0) is 18.6 Å². The monoisotopic (exact) mass is 346 g/mol. The second-order valence-corrected chi connectivity index (χ2v) is 8.48. The molecular formula is C19H32B2O4. The summed E-state index contributed by atoms with van der Waals surface area (Å²) in [5, 5.41) is 0. The van der Waals surface area contributed by atoms with Crippen molar-refractivity contribution >= 4 is 25.2 Å². The first-order valence-corrected chi connectivity index (χ1v) is 9.26. The molecule has 138 valence electrons. The normalized spacial score (nSPS) is 23.4. The first-order chi connectivity index (χ1) is 11.5. The smallest absolute Gasteiger partial charge is 0.404 e. The average molecular weight is 346 g/mol. The third-order valence-electron chi connectivity index (χ3n) is 4.74. The highest BCUT2D eigenvalue weighted by Crippen LogP contribution is 2.36. The lowest BCUT2D eigenvalue weighted by atomic mass is 9.74. The first kappa shape index (κ1) is 20.5. The molecule has 0 bridgehead atoms. The average Bonchev–Trinajstić information content (AvgIpc) is 2.97. The van der Waals surface area contributed by atoms with Crippen LogP contribution in [0.1, 0.15) is 61.8 Å². The lowest BCUT2D eigenvalue weighted by Gasteiger charge is -2.32. The van der Waals surface area contributed by atoms with Gasteiger partial charge in [0.1, 0.15) is 0 Å². The summed E-state index contributed by atoms with van der Waals surface area (Å²) in [5.74, 6) is 0. The van der Waals surface area contributed by atoms with Gasteiger partial charge in [-0.25, -0.2) is 0 Å². The third-order valence-corrected chi connectivity index (χ3v) is 4.74. The van der Waals surface area contributed by atoms with Crippen LogP contribution in [0.2, 0.25) is 0 Å². The Hall–Kier alpha value is -0.810. The predicted octanol–water partition coefficient (Wildman–Crippen LogP) is 2.92. The van der Waals surface area contributed by atoms with Crippen molar-refractivity contribution < 1.29 is 18.6 Å². The SMILES string of the molecule is CC1(C)COB(c2ccc(B3OC(C)(C)C(C)(C)O3)cc2)O1.CCC. The molecule has 0 radical (unpaired) electrons. The summed E-state index contributed by atoms with van der Waals surface area (Å²) in [5.41, 5.74) is 1.16. The summed E-state index contributed by atoms with van der Waals surface area (Å²) in [4.78, 5) is 0. The highest BCUT2D eigenvalue weighted by atomic mass is 16.7. The molecule has 2 aliphatic rings. The van der Waals surface area contributed by atoms with E-state index in [1.807, 2.05) is 38.1 Å². The standard InChI is InChI=1S/C16H24B2O4.C3H8/c1-14(2)11-19-17(20-14)12-7-9-13(10-8-12)18-21-15(3,4)16(5,6)22-18;1-3-2/h7-10H,11H2,1-6H3;3H2,1-2H3. The van der Waals surface area contributed by atoms with E-state index in [1.54, 1.807) is 0 Å². The van der Waals surface area contributed by atoms with Crippen molar-refractivity contribution in [2.45, 2.75) is 78.6 Å². The summed E-state index contributed by atoms with van der Waals surface area (Å²) in [6.45, 7) is 17.2. The van der Waals surface area contributed by atoms with Crippen molar-refractivity contribution in [3.63, 3.8) is 0 Å². The minimum atomic E-state index is -0.332. The molecule has 6 heteroatoms. The molecule has 0 spiro atoms. The Morgan fingerprint density at radius 3 is 1.52 bits per heavy atom. The molecular weight excluding hydrogens is 314 g/mol. The number of hydrogen-bond donors (Lipinski definition) is 0. The lowest BCUT2D eigenvalue weighted by molar-refractivity contribution is 0.00578. The molecule has 0 atom stereocenters. The number of benzene rings is 1. The van der Waals surface area contributed by atoms with Crippen molar-refractivity contribution in [1.82, 2.24) is 0 Å². The fourth-order valence-corrected chi connectivity index (χ4v) is 2.59. The molecule has 4 nitrogen and oxygen atoms in total. The van der Waals surface area contributed by atoms with E-state index in [0.29, 0.717) is 6.61 Å². The van der Waals surface area contributed by atoms with Crippen molar-refractivity contribution in [2.75, 3.05) is 6.61 Å². The van der Waals surface area contributed by atoms with Gasteiger partial charge in [0.05, 0.1) is 23.4 Å². The van der Waals surface area contributed by atoms with E-state index in [1.165, 1.54) is 6.42 Å². The quantitative estimate of drug-likeness (QED) is 0.772. The van der Waals surface area contributed by atoms with Crippen LogP contribution in [0.25, 0.3) is 0 Å². The highest BCUT2D eigenvalue weighted by Gasteiger charge is 2.51. The minimum Gasteiger partial charge on any atom is -0.404 e. The van der Waals surface area contributed by atoms with Crippen LogP contribution in [0.4, 0.5) is 0 Å². The maximum absolute atomic E-state index is 6.06. The molecule has 1 aromatic carbocycles. The second-order valence-electron chi connectivity index (χ2n) is 8.48. The van der Waals surface area contributed by atoms with Gasteiger partial charge in [0.15, 0.2) is 0 Å². The van der Waals surface area contributed by atoms with Crippen molar-refractivity contribution in [3.8, 4) is 0 Å². The molecule has 2 heterocycles. The van der Waals surface area contributed by atoms with E-state index < -0.39 is 0 Å². The summed E-state index contributed by atoms with van der Waals surface area (Å²) in [6, 6.07) is 8.09. The van der Waals surface area contributed by atoms with E-state index in [2.05, 4.69) is 41.5 Å². The lowest BCUT2D eigenvalue weighted by Crippen LogP contribution is -2.41. The van der Waals surface area contributed by atoms with Gasteiger partial charge in [0.25, 0.3) is 0 Å². The summed E-state index contributed by atoms with van der Waals surface area (Å²) in [7, 11) is -0.622. The van der Waals surface area contributed by atoms with Crippen LogP contribution in [0.15, 0.2) is 24.3 Å². The summed E-state index contributed by atoms with van der Waals surface area (Å²) < 4.78 is 23.7. The summed E-state index contributed by atoms with van der Waals surface area (Å²) >= 11 is 0. The molecule has 0 unspecified atom stereocenters. The van der Waals surface area contributed by atoms with Crippen molar-refractivity contribution in [2.24, 2.45) is 0 Å². The molecule has 0 N–H and O–H groups in total. The Morgan fingerprint density at radius 1 is 0.760 bits per heavy atom. The Morgan fingerprint density at radius 2 is 1.16 bits per heavy atom. The van der Waals surface area contributed by atoms with Crippen LogP contribution in [0, 0.1) is 0 Å². The molecule has 2 saturated heterocycles. The molecule has 3 rings (SSSR count). The fourth-order valence-electron chi connectivity index (χ4n) is 2.59. The molecule has 2 aliphatic heterocycles. The van der Waals surface area contributed by atoms with Gasteiger partial charge in [-0.3, -0.25) is 0 Å². The third kappa shape index (κ3) is 4.68.